The Kier molecular flexibility index (Phi) is 4.62. The molecule has 0 aliphatic rings. The summed E-state index contributed by atoms with van der Waals surface area (Å²) in [5.74, 6) is 0.395. The van der Waals surface area contributed by atoms with Crippen molar-refractivity contribution >= 4 is 15.9 Å². The Morgan fingerprint density at radius 3 is 2.50 bits per heavy atom. The molecule has 0 radical (unpaired) electrons. The van der Waals surface area contributed by atoms with E-state index in [0.29, 0.717) is 21.5 Å². The number of aliphatic hydroxyl groups is 1. The summed E-state index contributed by atoms with van der Waals surface area (Å²) in [6.07, 6.45) is -1.14. The van der Waals surface area contributed by atoms with Crippen LogP contribution in [0.25, 0.3) is 0 Å². The van der Waals surface area contributed by atoms with E-state index in [-0.39, 0.29) is 5.56 Å². The number of benzene rings is 2. The van der Waals surface area contributed by atoms with Gasteiger partial charge >= 0.3 is 0 Å². The number of hydrogen-bond acceptors (Lipinski definition) is 3. The van der Waals surface area contributed by atoms with Crippen LogP contribution in [0.15, 0.2) is 40.9 Å². The van der Waals surface area contributed by atoms with Crippen LogP contribution in [-0.4, -0.2) is 19.3 Å². The lowest BCUT2D eigenvalue weighted by Crippen LogP contribution is -2.05. The van der Waals surface area contributed by atoms with Gasteiger partial charge in [0.1, 0.15) is 11.9 Å². The Labute approximate surface area is 125 Å². The predicted molar refractivity (Wildman–Crippen MR) is 77.7 cm³/mol. The van der Waals surface area contributed by atoms with Crippen LogP contribution in [0.3, 0.4) is 0 Å². The lowest BCUT2D eigenvalue weighted by Gasteiger charge is -2.18. The minimum atomic E-state index is -1.14. The standard InChI is InChI=1S/C15H14BrFO3/c1-19-13-5-3-4-10(15(13)20-2)14(18)11-8-9(16)6-7-12(11)17/h3-8,14,18H,1-2H3. The maximum atomic E-state index is 13.9. The molecule has 1 atom stereocenters. The molecule has 2 aromatic carbocycles. The van der Waals surface area contributed by atoms with Crippen molar-refractivity contribution in [1.29, 1.82) is 0 Å². The lowest BCUT2D eigenvalue weighted by molar-refractivity contribution is 0.208. The molecule has 0 heterocycles. The summed E-state index contributed by atoms with van der Waals surface area (Å²) < 4.78 is 25.0. The van der Waals surface area contributed by atoms with E-state index in [1.54, 1.807) is 30.3 Å². The Bertz CT molecular complexity index is 616. The van der Waals surface area contributed by atoms with Gasteiger partial charge in [-0.15, -0.1) is 0 Å². The number of hydrogen-bond donors (Lipinski definition) is 1. The Morgan fingerprint density at radius 2 is 1.85 bits per heavy atom. The predicted octanol–water partition coefficient (Wildman–Crippen LogP) is 3.69. The Balaban J connectivity index is 2.53. The second kappa shape index (κ2) is 6.24. The summed E-state index contributed by atoms with van der Waals surface area (Å²) in [5, 5.41) is 10.4. The first-order chi connectivity index (χ1) is 9.58. The maximum absolute atomic E-state index is 13.9. The van der Waals surface area contributed by atoms with E-state index in [1.165, 1.54) is 20.3 Å². The summed E-state index contributed by atoms with van der Waals surface area (Å²) in [4.78, 5) is 0. The van der Waals surface area contributed by atoms with Crippen molar-refractivity contribution in [3.8, 4) is 11.5 Å². The number of para-hydroxylation sites is 1. The molecule has 0 fully saturated rings. The fourth-order valence-corrected chi connectivity index (χ4v) is 2.40. The van der Waals surface area contributed by atoms with Crippen molar-refractivity contribution in [1.82, 2.24) is 0 Å². The maximum Gasteiger partial charge on any atom is 0.166 e. The number of halogens is 2. The first kappa shape index (κ1) is 14.8. The molecule has 0 saturated heterocycles. The van der Waals surface area contributed by atoms with Gasteiger partial charge in [-0.3, -0.25) is 0 Å². The van der Waals surface area contributed by atoms with Crippen molar-refractivity contribution in [2.45, 2.75) is 6.10 Å². The Morgan fingerprint density at radius 1 is 1.10 bits per heavy atom. The molecule has 2 aromatic rings. The van der Waals surface area contributed by atoms with E-state index < -0.39 is 11.9 Å². The number of aliphatic hydroxyl groups excluding tert-OH is 1. The van der Waals surface area contributed by atoms with Crippen molar-refractivity contribution in [3.63, 3.8) is 0 Å². The number of methoxy groups -OCH3 is 2. The van der Waals surface area contributed by atoms with E-state index in [2.05, 4.69) is 15.9 Å². The highest BCUT2D eigenvalue weighted by molar-refractivity contribution is 9.10. The van der Waals surface area contributed by atoms with Gasteiger partial charge in [0, 0.05) is 15.6 Å². The zero-order chi connectivity index (χ0) is 14.7. The molecule has 0 aromatic heterocycles. The van der Waals surface area contributed by atoms with Crippen molar-refractivity contribution in [2.75, 3.05) is 14.2 Å². The first-order valence-electron chi connectivity index (χ1n) is 5.92. The molecule has 0 spiro atoms. The van der Waals surface area contributed by atoms with Gasteiger partial charge in [-0.05, 0) is 24.3 Å². The van der Waals surface area contributed by atoms with E-state index in [9.17, 15) is 9.50 Å². The van der Waals surface area contributed by atoms with Crippen molar-refractivity contribution in [2.24, 2.45) is 0 Å². The molecule has 0 bridgehead atoms. The molecule has 3 nitrogen and oxygen atoms in total. The third kappa shape index (κ3) is 2.78. The SMILES string of the molecule is COc1cccc(C(O)c2cc(Br)ccc2F)c1OC. The molecule has 0 aliphatic heterocycles. The summed E-state index contributed by atoms with van der Waals surface area (Å²) in [5.41, 5.74) is 0.620. The average Bonchev–Trinajstić information content (AvgIpc) is 2.48. The monoisotopic (exact) mass is 340 g/mol. The van der Waals surface area contributed by atoms with Gasteiger partial charge in [0.25, 0.3) is 0 Å². The zero-order valence-electron chi connectivity index (χ0n) is 11.1. The van der Waals surface area contributed by atoms with Crippen LogP contribution in [0.1, 0.15) is 17.2 Å². The van der Waals surface area contributed by atoms with Crippen LogP contribution in [0.5, 0.6) is 11.5 Å². The third-order valence-corrected chi connectivity index (χ3v) is 3.47. The molecular formula is C15H14BrFO3. The van der Waals surface area contributed by atoms with Gasteiger partial charge in [-0.2, -0.15) is 0 Å². The smallest absolute Gasteiger partial charge is 0.166 e. The fraction of sp³-hybridized carbons (Fsp3) is 0.200. The summed E-state index contributed by atoms with van der Waals surface area (Å²) in [7, 11) is 2.99. The zero-order valence-corrected chi connectivity index (χ0v) is 12.6. The van der Waals surface area contributed by atoms with Crippen molar-refractivity contribution in [3.05, 3.63) is 57.8 Å². The normalized spacial score (nSPS) is 12.1. The number of ether oxygens (including phenoxy) is 2. The summed E-state index contributed by atoms with van der Waals surface area (Å²) in [6, 6.07) is 9.52. The lowest BCUT2D eigenvalue weighted by atomic mass is 10.00. The second-order valence-electron chi connectivity index (χ2n) is 4.15. The third-order valence-electron chi connectivity index (χ3n) is 2.98. The van der Waals surface area contributed by atoms with Gasteiger partial charge in [-0.25, -0.2) is 4.39 Å². The highest BCUT2D eigenvalue weighted by Gasteiger charge is 2.21. The largest absolute Gasteiger partial charge is 0.493 e. The first-order valence-corrected chi connectivity index (χ1v) is 6.71. The topological polar surface area (TPSA) is 38.7 Å². The molecule has 20 heavy (non-hydrogen) atoms. The minimum Gasteiger partial charge on any atom is -0.493 e. The molecule has 0 saturated carbocycles. The summed E-state index contributed by atoms with van der Waals surface area (Å²) in [6.45, 7) is 0. The molecule has 0 amide bonds. The van der Waals surface area contributed by atoms with Gasteiger partial charge in [0.2, 0.25) is 0 Å². The summed E-state index contributed by atoms with van der Waals surface area (Å²) >= 11 is 3.27. The second-order valence-corrected chi connectivity index (χ2v) is 5.07. The molecule has 5 heteroatoms. The van der Waals surface area contributed by atoms with Gasteiger partial charge < -0.3 is 14.6 Å². The van der Waals surface area contributed by atoms with Gasteiger partial charge in [0.05, 0.1) is 14.2 Å². The average molecular weight is 341 g/mol. The van der Waals surface area contributed by atoms with E-state index in [4.69, 9.17) is 9.47 Å². The highest BCUT2D eigenvalue weighted by atomic mass is 79.9. The molecule has 2 rings (SSSR count). The quantitative estimate of drug-likeness (QED) is 0.922. The van der Waals surface area contributed by atoms with Gasteiger partial charge in [-0.1, -0.05) is 28.1 Å². The van der Waals surface area contributed by atoms with Gasteiger partial charge in [0.15, 0.2) is 11.5 Å². The molecule has 0 aliphatic carbocycles. The van der Waals surface area contributed by atoms with Crippen LogP contribution >= 0.6 is 15.9 Å². The molecule has 106 valence electrons. The van der Waals surface area contributed by atoms with E-state index >= 15 is 0 Å². The van der Waals surface area contributed by atoms with E-state index in [0.717, 1.165) is 0 Å². The van der Waals surface area contributed by atoms with Crippen LogP contribution in [-0.2, 0) is 0 Å². The molecular weight excluding hydrogens is 327 g/mol. The Hall–Kier alpha value is -1.59. The van der Waals surface area contributed by atoms with E-state index in [1.807, 2.05) is 0 Å². The molecule has 1 unspecified atom stereocenters. The van der Waals surface area contributed by atoms with Crippen LogP contribution < -0.4 is 9.47 Å². The highest BCUT2D eigenvalue weighted by Crippen LogP contribution is 2.38. The number of rotatable bonds is 4. The molecule has 1 N–H and O–H groups in total. The van der Waals surface area contributed by atoms with Crippen LogP contribution in [0, 0.1) is 5.82 Å². The van der Waals surface area contributed by atoms with Crippen LogP contribution in [0.2, 0.25) is 0 Å². The van der Waals surface area contributed by atoms with Crippen LogP contribution in [0.4, 0.5) is 4.39 Å². The van der Waals surface area contributed by atoms with Crippen molar-refractivity contribution < 1.29 is 19.0 Å². The fourth-order valence-electron chi connectivity index (χ4n) is 2.02. The minimum absolute atomic E-state index is 0.172.